The Morgan fingerprint density at radius 3 is 2.72 bits per heavy atom. The number of carbonyl (C=O) groups excluding carboxylic acids is 1. The molecule has 0 radical (unpaired) electrons. The molecule has 18 heavy (non-hydrogen) atoms. The second-order valence-electron chi connectivity index (χ2n) is 4.60. The molecule has 1 fully saturated rings. The average molecular weight is 274 g/mol. The third kappa shape index (κ3) is 3.31. The fraction of sp³-hybridized carbons (Fsp3) is 0.833. The quantitative estimate of drug-likeness (QED) is 0.829. The molecule has 1 saturated heterocycles. The highest BCUT2D eigenvalue weighted by molar-refractivity contribution is 7.98. The number of nitrogens with zero attached hydrogens (tertiary/aromatic N) is 2. The lowest BCUT2D eigenvalue weighted by Crippen LogP contribution is -2.50. The minimum atomic E-state index is -0.896. The maximum absolute atomic E-state index is 12.3. The van der Waals surface area contributed by atoms with Crippen LogP contribution >= 0.6 is 11.8 Å². The van der Waals surface area contributed by atoms with Gasteiger partial charge >= 0.3 is 12.0 Å². The number of rotatable bonds is 5. The molecule has 2 unspecified atom stereocenters. The van der Waals surface area contributed by atoms with Crippen LogP contribution < -0.4 is 0 Å². The number of likely N-dealkylation sites (tertiary alicyclic amines) is 1. The first-order valence-electron chi connectivity index (χ1n) is 6.28. The van der Waals surface area contributed by atoms with Gasteiger partial charge in [0.05, 0.1) is 0 Å². The lowest BCUT2D eigenvalue weighted by atomic mass is 10.2. The van der Waals surface area contributed by atoms with Gasteiger partial charge in [-0.25, -0.2) is 9.59 Å². The number of aliphatic carboxylic acids is 1. The van der Waals surface area contributed by atoms with Gasteiger partial charge in [-0.15, -0.1) is 0 Å². The lowest BCUT2D eigenvalue weighted by Gasteiger charge is -2.32. The number of amides is 2. The molecule has 0 aromatic carbocycles. The SMILES string of the molecule is CCC(CSC)N(C)C(=O)N1CCCC1C(=O)O. The fourth-order valence-electron chi connectivity index (χ4n) is 2.31. The van der Waals surface area contributed by atoms with Crippen molar-refractivity contribution in [2.24, 2.45) is 0 Å². The summed E-state index contributed by atoms with van der Waals surface area (Å²) < 4.78 is 0. The van der Waals surface area contributed by atoms with Crippen LogP contribution in [0.25, 0.3) is 0 Å². The summed E-state index contributed by atoms with van der Waals surface area (Å²) in [6.07, 6.45) is 4.23. The molecule has 1 heterocycles. The molecule has 0 spiro atoms. The van der Waals surface area contributed by atoms with Crippen LogP contribution in [0, 0.1) is 0 Å². The molecule has 0 saturated carbocycles. The first kappa shape index (κ1) is 15.1. The van der Waals surface area contributed by atoms with Gasteiger partial charge in [-0.1, -0.05) is 6.92 Å². The molecule has 0 aromatic rings. The number of carboxylic acids is 1. The largest absolute Gasteiger partial charge is 0.480 e. The first-order valence-corrected chi connectivity index (χ1v) is 7.67. The van der Waals surface area contributed by atoms with E-state index in [0.717, 1.165) is 18.6 Å². The van der Waals surface area contributed by atoms with E-state index < -0.39 is 12.0 Å². The number of carbonyl (C=O) groups is 2. The number of thioether (sulfide) groups is 1. The summed E-state index contributed by atoms with van der Waals surface area (Å²) in [4.78, 5) is 26.6. The van der Waals surface area contributed by atoms with E-state index in [0.29, 0.717) is 13.0 Å². The molecule has 1 N–H and O–H groups in total. The van der Waals surface area contributed by atoms with Crippen molar-refractivity contribution in [3.8, 4) is 0 Å². The predicted molar refractivity (Wildman–Crippen MR) is 73.0 cm³/mol. The Hall–Kier alpha value is -0.910. The highest BCUT2D eigenvalue weighted by Crippen LogP contribution is 2.20. The van der Waals surface area contributed by atoms with E-state index in [1.165, 1.54) is 4.90 Å². The Bertz CT molecular complexity index is 312. The second-order valence-corrected chi connectivity index (χ2v) is 5.51. The molecule has 2 amide bonds. The van der Waals surface area contributed by atoms with Crippen LogP contribution in [-0.2, 0) is 4.79 Å². The third-order valence-corrected chi connectivity index (χ3v) is 4.18. The number of urea groups is 1. The number of hydrogen-bond acceptors (Lipinski definition) is 3. The summed E-state index contributed by atoms with van der Waals surface area (Å²) in [6, 6.07) is -0.630. The monoisotopic (exact) mass is 274 g/mol. The first-order chi connectivity index (χ1) is 8.52. The summed E-state index contributed by atoms with van der Waals surface area (Å²) in [5, 5.41) is 9.10. The van der Waals surface area contributed by atoms with Crippen molar-refractivity contribution in [3.63, 3.8) is 0 Å². The molecule has 1 aliphatic heterocycles. The second kappa shape index (κ2) is 6.87. The molecule has 0 aliphatic carbocycles. The van der Waals surface area contributed by atoms with Gasteiger partial charge in [-0.3, -0.25) is 0 Å². The van der Waals surface area contributed by atoms with Crippen molar-refractivity contribution in [1.29, 1.82) is 0 Å². The van der Waals surface area contributed by atoms with Crippen LogP contribution in [0.4, 0.5) is 4.79 Å². The van der Waals surface area contributed by atoms with E-state index in [2.05, 4.69) is 0 Å². The van der Waals surface area contributed by atoms with Crippen LogP contribution in [0.3, 0.4) is 0 Å². The van der Waals surface area contributed by atoms with Gasteiger partial charge in [0.25, 0.3) is 0 Å². The number of hydrogen-bond donors (Lipinski definition) is 1. The zero-order valence-electron chi connectivity index (χ0n) is 11.3. The van der Waals surface area contributed by atoms with Gasteiger partial charge in [-0.2, -0.15) is 11.8 Å². The molecule has 0 aromatic heterocycles. The van der Waals surface area contributed by atoms with Crippen LogP contribution in [-0.4, -0.2) is 64.6 Å². The fourth-order valence-corrected chi connectivity index (χ4v) is 3.15. The maximum Gasteiger partial charge on any atom is 0.326 e. The Labute approximate surface area is 113 Å². The minimum absolute atomic E-state index is 0.152. The van der Waals surface area contributed by atoms with E-state index in [4.69, 9.17) is 5.11 Å². The van der Waals surface area contributed by atoms with Crippen molar-refractivity contribution in [1.82, 2.24) is 9.80 Å². The van der Waals surface area contributed by atoms with Gasteiger partial charge in [0, 0.05) is 25.4 Å². The van der Waals surface area contributed by atoms with Crippen LogP contribution in [0.5, 0.6) is 0 Å². The van der Waals surface area contributed by atoms with Gasteiger partial charge in [0.1, 0.15) is 6.04 Å². The number of carboxylic acid groups (broad SMARTS) is 1. The van der Waals surface area contributed by atoms with Crippen LogP contribution in [0.2, 0.25) is 0 Å². The van der Waals surface area contributed by atoms with Crippen LogP contribution in [0.15, 0.2) is 0 Å². The van der Waals surface area contributed by atoms with Crippen LogP contribution in [0.1, 0.15) is 26.2 Å². The van der Waals surface area contributed by atoms with Crippen molar-refractivity contribution in [2.45, 2.75) is 38.3 Å². The molecule has 1 aliphatic rings. The van der Waals surface area contributed by atoms with Crippen molar-refractivity contribution in [3.05, 3.63) is 0 Å². The lowest BCUT2D eigenvalue weighted by molar-refractivity contribution is -0.141. The Balaban J connectivity index is 2.70. The van der Waals surface area contributed by atoms with Gasteiger partial charge in [-0.05, 0) is 25.5 Å². The Kier molecular flexibility index (Phi) is 5.78. The van der Waals surface area contributed by atoms with Crippen molar-refractivity contribution < 1.29 is 14.7 Å². The third-order valence-electron chi connectivity index (χ3n) is 3.46. The molecule has 2 atom stereocenters. The summed E-state index contributed by atoms with van der Waals surface area (Å²) >= 11 is 1.70. The highest BCUT2D eigenvalue weighted by atomic mass is 32.2. The molecule has 5 nitrogen and oxygen atoms in total. The summed E-state index contributed by atoms with van der Waals surface area (Å²) in [6.45, 7) is 2.60. The van der Waals surface area contributed by atoms with E-state index >= 15 is 0 Å². The molecule has 0 bridgehead atoms. The highest BCUT2D eigenvalue weighted by Gasteiger charge is 2.36. The maximum atomic E-state index is 12.3. The van der Waals surface area contributed by atoms with Crippen molar-refractivity contribution in [2.75, 3.05) is 25.6 Å². The zero-order chi connectivity index (χ0) is 13.7. The van der Waals surface area contributed by atoms with E-state index in [1.807, 2.05) is 13.2 Å². The standard InChI is InChI=1S/C12H22N2O3S/c1-4-9(8-18-3)13(2)12(17)14-7-5-6-10(14)11(15)16/h9-10H,4-8H2,1-3H3,(H,15,16). The molecular weight excluding hydrogens is 252 g/mol. The minimum Gasteiger partial charge on any atom is -0.480 e. The van der Waals surface area contributed by atoms with E-state index in [1.54, 1.807) is 23.7 Å². The van der Waals surface area contributed by atoms with E-state index in [-0.39, 0.29) is 12.1 Å². The van der Waals surface area contributed by atoms with Gasteiger partial charge < -0.3 is 14.9 Å². The molecular formula is C12H22N2O3S. The smallest absolute Gasteiger partial charge is 0.326 e. The van der Waals surface area contributed by atoms with E-state index in [9.17, 15) is 9.59 Å². The van der Waals surface area contributed by atoms with Crippen molar-refractivity contribution >= 4 is 23.8 Å². The summed E-state index contributed by atoms with van der Waals surface area (Å²) in [5.74, 6) is -0.0169. The average Bonchev–Trinajstić information content (AvgIpc) is 2.83. The molecule has 6 heteroatoms. The van der Waals surface area contributed by atoms with Gasteiger partial charge in [0.15, 0.2) is 0 Å². The Morgan fingerprint density at radius 1 is 1.56 bits per heavy atom. The summed E-state index contributed by atoms with van der Waals surface area (Å²) in [5.41, 5.74) is 0. The Morgan fingerprint density at radius 2 is 2.22 bits per heavy atom. The summed E-state index contributed by atoms with van der Waals surface area (Å²) in [7, 11) is 1.77. The molecule has 104 valence electrons. The molecule has 1 rings (SSSR count). The topological polar surface area (TPSA) is 60.9 Å². The predicted octanol–water partition coefficient (Wildman–Crippen LogP) is 1.73. The van der Waals surface area contributed by atoms with Gasteiger partial charge in [0.2, 0.25) is 0 Å². The zero-order valence-corrected chi connectivity index (χ0v) is 12.1. The normalized spacial score (nSPS) is 20.8.